The largest absolute Gasteiger partial charge is 0.366 e. The number of benzene rings is 2. The number of piperidine rings is 1. The van der Waals surface area contributed by atoms with Gasteiger partial charge in [-0.05, 0) is 23.8 Å². The zero-order chi connectivity index (χ0) is 18.3. The van der Waals surface area contributed by atoms with E-state index in [0.717, 1.165) is 11.1 Å². The van der Waals surface area contributed by atoms with Crippen LogP contribution in [0.25, 0.3) is 16.6 Å². The molecule has 134 valence electrons. The Kier molecular flexibility index (Phi) is 3.96. The summed E-state index contributed by atoms with van der Waals surface area (Å²) in [5, 5.41) is 8.24. The van der Waals surface area contributed by atoms with Crippen LogP contribution in [-0.2, 0) is 0 Å². The van der Waals surface area contributed by atoms with E-state index in [0.29, 0.717) is 23.2 Å². The SMILES string of the molecule is NC(=O)c1cccc2cn(-c3ccc([C@H]4CNCCC4(F)F)cc3)nc12. The van der Waals surface area contributed by atoms with E-state index < -0.39 is 17.7 Å². The fourth-order valence-electron chi connectivity index (χ4n) is 3.42. The van der Waals surface area contributed by atoms with Gasteiger partial charge in [-0.25, -0.2) is 13.5 Å². The van der Waals surface area contributed by atoms with Crippen molar-refractivity contribution >= 4 is 16.8 Å². The first kappa shape index (κ1) is 16.7. The summed E-state index contributed by atoms with van der Waals surface area (Å²) in [5.41, 5.74) is 7.59. The topological polar surface area (TPSA) is 72.9 Å². The maximum absolute atomic E-state index is 14.1. The van der Waals surface area contributed by atoms with Crippen LogP contribution in [0.5, 0.6) is 0 Å². The highest BCUT2D eigenvalue weighted by Crippen LogP contribution is 2.38. The van der Waals surface area contributed by atoms with Crippen LogP contribution in [-0.4, -0.2) is 34.7 Å². The van der Waals surface area contributed by atoms with E-state index >= 15 is 0 Å². The summed E-state index contributed by atoms with van der Waals surface area (Å²) < 4.78 is 29.9. The molecular weight excluding hydrogens is 338 g/mol. The van der Waals surface area contributed by atoms with Crippen LogP contribution >= 0.6 is 0 Å². The smallest absolute Gasteiger partial charge is 0.257 e. The first-order valence-corrected chi connectivity index (χ1v) is 8.43. The second-order valence-electron chi connectivity index (χ2n) is 6.54. The van der Waals surface area contributed by atoms with Crippen LogP contribution in [0, 0.1) is 0 Å². The molecule has 2 aromatic carbocycles. The Morgan fingerprint density at radius 1 is 1.23 bits per heavy atom. The first-order chi connectivity index (χ1) is 12.5. The summed E-state index contributed by atoms with van der Waals surface area (Å²) in [6.45, 7) is 0.601. The van der Waals surface area contributed by atoms with Crippen molar-refractivity contribution in [3.8, 4) is 5.69 Å². The van der Waals surface area contributed by atoms with Gasteiger partial charge in [-0.1, -0.05) is 24.3 Å². The minimum atomic E-state index is -2.70. The number of fused-ring (bicyclic) bond motifs is 1. The summed E-state index contributed by atoms with van der Waals surface area (Å²) in [5.74, 6) is -4.07. The van der Waals surface area contributed by atoms with E-state index in [2.05, 4.69) is 10.4 Å². The molecule has 2 heterocycles. The quantitative estimate of drug-likeness (QED) is 0.758. The number of nitrogens with one attached hydrogen (secondary N) is 1. The minimum Gasteiger partial charge on any atom is -0.366 e. The Balaban J connectivity index is 1.68. The molecule has 1 saturated heterocycles. The number of halogens is 2. The van der Waals surface area contributed by atoms with Crippen molar-refractivity contribution in [3.05, 3.63) is 59.8 Å². The van der Waals surface area contributed by atoms with Gasteiger partial charge in [-0.3, -0.25) is 4.79 Å². The number of hydrogen-bond acceptors (Lipinski definition) is 3. The number of aromatic nitrogens is 2. The molecule has 0 spiro atoms. The van der Waals surface area contributed by atoms with Crippen molar-refractivity contribution in [3.63, 3.8) is 0 Å². The number of amides is 1. The maximum Gasteiger partial charge on any atom is 0.257 e. The van der Waals surface area contributed by atoms with Gasteiger partial charge >= 0.3 is 0 Å². The Hall–Kier alpha value is -2.80. The van der Waals surface area contributed by atoms with Crippen molar-refractivity contribution in [1.29, 1.82) is 0 Å². The fraction of sp³-hybridized carbons (Fsp3) is 0.263. The number of carbonyl (C=O) groups excluding carboxylic acids is 1. The lowest BCUT2D eigenvalue weighted by atomic mass is 9.88. The standard InChI is InChI=1S/C19H18F2N4O/c20-19(21)8-9-23-10-16(19)12-4-6-14(7-5-12)25-11-13-2-1-3-15(18(22)26)17(13)24-25/h1-7,11,16,23H,8-10H2,(H2,22,26)/t16-/m1/s1. The van der Waals surface area contributed by atoms with Crippen LogP contribution in [0.4, 0.5) is 8.78 Å². The van der Waals surface area contributed by atoms with Crippen LogP contribution in [0.2, 0.25) is 0 Å². The van der Waals surface area contributed by atoms with E-state index in [-0.39, 0.29) is 13.0 Å². The molecular formula is C19H18F2N4O. The first-order valence-electron chi connectivity index (χ1n) is 8.43. The summed E-state index contributed by atoms with van der Waals surface area (Å²) in [4.78, 5) is 11.5. The monoisotopic (exact) mass is 356 g/mol. The summed E-state index contributed by atoms with van der Waals surface area (Å²) in [6, 6.07) is 12.2. The summed E-state index contributed by atoms with van der Waals surface area (Å²) in [7, 11) is 0. The van der Waals surface area contributed by atoms with Crippen LogP contribution in [0.15, 0.2) is 48.7 Å². The molecule has 1 amide bonds. The second kappa shape index (κ2) is 6.17. The number of hydrogen-bond donors (Lipinski definition) is 2. The molecule has 1 aliphatic rings. The normalized spacial score (nSPS) is 19.5. The molecule has 0 aliphatic carbocycles. The number of rotatable bonds is 3. The maximum atomic E-state index is 14.1. The van der Waals surface area contributed by atoms with E-state index in [4.69, 9.17) is 5.73 Å². The van der Waals surface area contributed by atoms with Crippen LogP contribution in [0.3, 0.4) is 0 Å². The lowest BCUT2D eigenvalue weighted by molar-refractivity contribution is -0.0479. The van der Waals surface area contributed by atoms with E-state index in [1.165, 1.54) is 0 Å². The third-order valence-corrected chi connectivity index (χ3v) is 4.86. The molecule has 5 nitrogen and oxygen atoms in total. The van der Waals surface area contributed by atoms with Gasteiger partial charge in [0.1, 0.15) is 5.52 Å². The van der Waals surface area contributed by atoms with Gasteiger partial charge in [-0.2, -0.15) is 5.10 Å². The molecule has 3 aromatic rings. The summed E-state index contributed by atoms with van der Waals surface area (Å²) in [6.07, 6.45) is 1.63. The number of carbonyl (C=O) groups is 1. The molecule has 0 bridgehead atoms. The van der Waals surface area contributed by atoms with Crippen molar-refractivity contribution in [2.45, 2.75) is 18.3 Å². The van der Waals surface area contributed by atoms with Gasteiger partial charge in [0, 0.05) is 31.1 Å². The average Bonchev–Trinajstić information content (AvgIpc) is 3.05. The zero-order valence-electron chi connectivity index (χ0n) is 14.0. The van der Waals surface area contributed by atoms with Gasteiger partial charge < -0.3 is 11.1 Å². The fourth-order valence-corrected chi connectivity index (χ4v) is 3.42. The highest BCUT2D eigenvalue weighted by Gasteiger charge is 2.42. The van der Waals surface area contributed by atoms with Crippen molar-refractivity contribution in [2.24, 2.45) is 5.73 Å². The lowest BCUT2D eigenvalue weighted by Crippen LogP contribution is -2.42. The Labute approximate surface area is 148 Å². The Morgan fingerprint density at radius 2 is 2.00 bits per heavy atom. The molecule has 7 heteroatoms. The van der Waals surface area contributed by atoms with Crippen molar-refractivity contribution in [2.75, 3.05) is 13.1 Å². The number of alkyl halides is 2. The number of nitrogens with zero attached hydrogens (tertiary/aromatic N) is 2. The van der Waals surface area contributed by atoms with Crippen LogP contribution in [0.1, 0.15) is 28.3 Å². The van der Waals surface area contributed by atoms with Gasteiger partial charge in [0.2, 0.25) is 0 Å². The molecule has 1 aliphatic heterocycles. The molecule has 1 aromatic heterocycles. The van der Waals surface area contributed by atoms with Crippen molar-refractivity contribution < 1.29 is 13.6 Å². The molecule has 0 unspecified atom stereocenters. The Morgan fingerprint density at radius 3 is 2.69 bits per heavy atom. The molecule has 26 heavy (non-hydrogen) atoms. The molecule has 0 saturated carbocycles. The minimum absolute atomic E-state index is 0.153. The molecule has 0 radical (unpaired) electrons. The van der Waals surface area contributed by atoms with Gasteiger partial charge in [0.05, 0.1) is 17.2 Å². The van der Waals surface area contributed by atoms with Crippen LogP contribution < -0.4 is 11.1 Å². The number of nitrogens with two attached hydrogens (primary N) is 1. The lowest BCUT2D eigenvalue weighted by Gasteiger charge is -2.32. The third-order valence-electron chi connectivity index (χ3n) is 4.86. The highest BCUT2D eigenvalue weighted by molar-refractivity contribution is 6.04. The molecule has 4 rings (SSSR count). The average molecular weight is 356 g/mol. The third kappa shape index (κ3) is 2.84. The Bertz CT molecular complexity index is 965. The van der Waals surface area contributed by atoms with Gasteiger partial charge in [-0.15, -0.1) is 0 Å². The van der Waals surface area contributed by atoms with Crippen molar-refractivity contribution in [1.82, 2.24) is 15.1 Å². The summed E-state index contributed by atoms with van der Waals surface area (Å²) >= 11 is 0. The predicted molar refractivity (Wildman–Crippen MR) is 94.8 cm³/mol. The highest BCUT2D eigenvalue weighted by atomic mass is 19.3. The van der Waals surface area contributed by atoms with E-state index in [1.54, 1.807) is 47.3 Å². The van der Waals surface area contributed by atoms with Gasteiger partial charge in [0.25, 0.3) is 11.8 Å². The molecule has 1 fully saturated rings. The zero-order valence-corrected chi connectivity index (χ0v) is 14.0. The second-order valence-corrected chi connectivity index (χ2v) is 6.54. The number of primary amides is 1. The predicted octanol–water partition coefficient (Wildman–Crippen LogP) is 2.84. The van der Waals surface area contributed by atoms with E-state index in [9.17, 15) is 13.6 Å². The van der Waals surface area contributed by atoms with E-state index in [1.807, 2.05) is 6.07 Å². The molecule has 3 N–H and O–H groups in total. The van der Waals surface area contributed by atoms with Gasteiger partial charge in [0.15, 0.2) is 0 Å². The molecule has 1 atom stereocenters.